The van der Waals surface area contributed by atoms with Gasteiger partial charge in [0.2, 0.25) is 0 Å². The highest BCUT2D eigenvalue weighted by Gasteiger charge is 2.34. The highest BCUT2D eigenvalue weighted by molar-refractivity contribution is 5.79. The van der Waals surface area contributed by atoms with Crippen molar-refractivity contribution in [2.75, 3.05) is 13.1 Å². The van der Waals surface area contributed by atoms with E-state index in [2.05, 4.69) is 38.4 Å². The molecule has 7 heteroatoms. The number of H-pyrrole nitrogens is 1. The number of nitrogens with zero attached hydrogens (tertiary/aromatic N) is 5. The van der Waals surface area contributed by atoms with Crippen LogP contribution in [-0.4, -0.2) is 43.2 Å². The number of nitrogens with one attached hydrogen (secondary N) is 1. The van der Waals surface area contributed by atoms with Crippen LogP contribution in [-0.2, 0) is 0 Å². The fourth-order valence-corrected chi connectivity index (χ4v) is 4.83. The van der Waals surface area contributed by atoms with Crippen molar-refractivity contribution in [3.63, 3.8) is 0 Å². The maximum atomic E-state index is 13.1. The Morgan fingerprint density at radius 2 is 1.89 bits per heavy atom. The van der Waals surface area contributed by atoms with E-state index < -0.39 is 0 Å². The molecule has 2 aromatic heterocycles. The summed E-state index contributed by atoms with van der Waals surface area (Å²) >= 11 is 0. The molecule has 1 saturated heterocycles. The van der Waals surface area contributed by atoms with Gasteiger partial charge in [-0.2, -0.15) is 0 Å². The summed E-state index contributed by atoms with van der Waals surface area (Å²) in [6, 6.07) is 8.30. The van der Waals surface area contributed by atoms with Crippen LogP contribution in [0.3, 0.4) is 0 Å². The summed E-state index contributed by atoms with van der Waals surface area (Å²) < 4.78 is 2.00. The molecule has 2 fully saturated rings. The smallest absolute Gasteiger partial charge is 0.253 e. The molecule has 1 saturated carbocycles. The van der Waals surface area contributed by atoms with E-state index in [4.69, 9.17) is 0 Å². The Morgan fingerprint density at radius 1 is 1.11 bits per heavy atom. The van der Waals surface area contributed by atoms with Crippen LogP contribution >= 0.6 is 0 Å². The fourth-order valence-electron chi connectivity index (χ4n) is 4.83. The summed E-state index contributed by atoms with van der Waals surface area (Å²) in [6.07, 6.45) is 6.94. The molecule has 0 radical (unpaired) electrons. The minimum Gasteiger partial charge on any atom is -0.322 e. The van der Waals surface area contributed by atoms with Gasteiger partial charge in [0, 0.05) is 11.1 Å². The molecule has 1 aliphatic heterocycles. The Morgan fingerprint density at radius 3 is 2.68 bits per heavy atom. The second kappa shape index (κ2) is 7.13. The highest BCUT2D eigenvalue weighted by Crippen LogP contribution is 2.34. The zero-order valence-electron chi connectivity index (χ0n) is 16.3. The second-order valence-corrected chi connectivity index (χ2v) is 8.21. The monoisotopic (exact) mass is 378 g/mol. The molecule has 1 aliphatic carbocycles. The third-order valence-electron chi connectivity index (χ3n) is 6.26. The summed E-state index contributed by atoms with van der Waals surface area (Å²) in [6.45, 7) is 4.00. The second-order valence-electron chi connectivity index (χ2n) is 8.21. The molecule has 3 heterocycles. The van der Waals surface area contributed by atoms with Gasteiger partial charge in [-0.25, -0.2) is 4.68 Å². The van der Waals surface area contributed by atoms with E-state index in [1.807, 2.05) is 22.9 Å². The lowest BCUT2D eigenvalue weighted by Crippen LogP contribution is -2.33. The number of hydrogen-bond acceptors (Lipinski definition) is 5. The van der Waals surface area contributed by atoms with Crippen LogP contribution in [0.2, 0.25) is 0 Å². The van der Waals surface area contributed by atoms with E-state index in [0.29, 0.717) is 6.04 Å². The lowest BCUT2D eigenvalue weighted by molar-refractivity contribution is 0.256. The van der Waals surface area contributed by atoms with Gasteiger partial charge in [-0.15, -0.1) is 5.10 Å². The van der Waals surface area contributed by atoms with Gasteiger partial charge in [0.05, 0.1) is 6.04 Å². The maximum absolute atomic E-state index is 13.1. The third kappa shape index (κ3) is 3.03. The number of aryl methyl sites for hydroxylation is 1. The van der Waals surface area contributed by atoms with Crippen LogP contribution < -0.4 is 5.56 Å². The number of benzene rings is 1. The van der Waals surface area contributed by atoms with E-state index in [1.165, 1.54) is 18.4 Å². The first-order valence-electron chi connectivity index (χ1n) is 10.4. The fraction of sp³-hybridized carbons (Fsp3) is 0.524. The molecule has 2 aliphatic rings. The van der Waals surface area contributed by atoms with Crippen LogP contribution in [0.4, 0.5) is 0 Å². The van der Waals surface area contributed by atoms with Gasteiger partial charge in [0.1, 0.15) is 6.04 Å². The Labute approximate surface area is 163 Å². The van der Waals surface area contributed by atoms with E-state index in [0.717, 1.165) is 61.1 Å². The van der Waals surface area contributed by atoms with Crippen molar-refractivity contribution < 1.29 is 0 Å². The average molecular weight is 378 g/mol. The molecular formula is C21H26N6O. The lowest BCUT2D eigenvalue weighted by Gasteiger charge is -2.27. The number of tetrazole rings is 1. The van der Waals surface area contributed by atoms with Gasteiger partial charge >= 0.3 is 0 Å². The molecule has 1 N–H and O–H groups in total. The number of aromatic amines is 1. The maximum Gasteiger partial charge on any atom is 0.253 e. The minimum absolute atomic E-state index is 0.0470. The van der Waals surface area contributed by atoms with Crippen molar-refractivity contribution in [3.8, 4) is 0 Å². The first kappa shape index (κ1) is 17.6. The van der Waals surface area contributed by atoms with Gasteiger partial charge in [-0.1, -0.05) is 24.5 Å². The van der Waals surface area contributed by atoms with Crippen molar-refractivity contribution in [1.82, 2.24) is 30.1 Å². The van der Waals surface area contributed by atoms with Crippen molar-refractivity contribution in [2.45, 2.75) is 57.5 Å². The molecule has 28 heavy (non-hydrogen) atoms. The van der Waals surface area contributed by atoms with E-state index in [9.17, 15) is 4.79 Å². The van der Waals surface area contributed by atoms with Gasteiger partial charge < -0.3 is 4.98 Å². The van der Waals surface area contributed by atoms with E-state index in [1.54, 1.807) is 0 Å². The topological polar surface area (TPSA) is 79.7 Å². The molecule has 1 unspecified atom stereocenters. The Balaban J connectivity index is 1.66. The summed E-state index contributed by atoms with van der Waals surface area (Å²) in [7, 11) is 0. The van der Waals surface area contributed by atoms with Gasteiger partial charge in [0.25, 0.3) is 5.56 Å². The molecule has 146 valence electrons. The van der Waals surface area contributed by atoms with Gasteiger partial charge in [-0.05, 0) is 79.7 Å². The zero-order chi connectivity index (χ0) is 19.1. The Kier molecular flexibility index (Phi) is 4.47. The molecule has 5 rings (SSSR count). The van der Waals surface area contributed by atoms with Gasteiger partial charge in [0.15, 0.2) is 5.82 Å². The predicted octanol–water partition coefficient (Wildman–Crippen LogP) is 3.12. The number of rotatable bonds is 4. The third-order valence-corrected chi connectivity index (χ3v) is 6.26. The Hall–Kier alpha value is -2.54. The molecule has 1 atom stereocenters. The molecular weight excluding hydrogens is 352 g/mol. The summed E-state index contributed by atoms with van der Waals surface area (Å²) in [5, 5.41) is 13.8. The van der Waals surface area contributed by atoms with Crippen molar-refractivity contribution in [1.29, 1.82) is 0 Å². The minimum atomic E-state index is -0.202. The summed E-state index contributed by atoms with van der Waals surface area (Å²) in [5.74, 6) is 0.811. The predicted molar refractivity (Wildman–Crippen MR) is 107 cm³/mol. The Bertz CT molecular complexity index is 1040. The van der Waals surface area contributed by atoms with Crippen LogP contribution in [0.1, 0.15) is 67.6 Å². The number of fused-ring (bicyclic) bond motifs is 1. The highest BCUT2D eigenvalue weighted by atomic mass is 16.1. The van der Waals surface area contributed by atoms with Crippen LogP contribution in [0, 0.1) is 6.92 Å². The first-order chi connectivity index (χ1) is 13.7. The summed E-state index contributed by atoms with van der Waals surface area (Å²) in [5.41, 5.74) is 2.75. The molecule has 0 spiro atoms. The SMILES string of the molecule is Cc1ccc2[nH]c(=O)c(C(c3nnnn3C3CCCC3)N3CCCC3)cc2c1. The number of hydrogen-bond donors (Lipinski definition) is 1. The van der Waals surface area contributed by atoms with Crippen molar-refractivity contribution in [2.24, 2.45) is 0 Å². The van der Waals surface area contributed by atoms with Crippen LogP contribution in [0.15, 0.2) is 29.1 Å². The van der Waals surface area contributed by atoms with Crippen molar-refractivity contribution in [3.05, 3.63) is 51.6 Å². The van der Waals surface area contributed by atoms with E-state index in [-0.39, 0.29) is 11.6 Å². The standard InChI is InChI=1S/C21H26N6O/c1-14-8-9-18-15(12-14)13-17(21(28)22-18)19(26-10-4-5-11-26)20-23-24-25-27(20)16-6-2-3-7-16/h8-9,12-13,16,19H,2-7,10-11H2,1H3,(H,22,28). The quantitative estimate of drug-likeness (QED) is 0.754. The number of aromatic nitrogens is 5. The number of pyridine rings is 1. The normalized spacial score (nSPS) is 19.6. The number of likely N-dealkylation sites (tertiary alicyclic amines) is 1. The van der Waals surface area contributed by atoms with Gasteiger partial charge in [-0.3, -0.25) is 9.69 Å². The zero-order valence-corrected chi connectivity index (χ0v) is 16.3. The van der Waals surface area contributed by atoms with Crippen molar-refractivity contribution >= 4 is 10.9 Å². The molecule has 3 aromatic rings. The van der Waals surface area contributed by atoms with Crippen LogP contribution in [0.5, 0.6) is 0 Å². The largest absolute Gasteiger partial charge is 0.322 e. The van der Waals surface area contributed by atoms with E-state index >= 15 is 0 Å². The lowest BCUT2D eigenvalue weighted by atomic mass is 10.0. The molecule has 0 amide bonds. The first-order valence-corrected chi connectivity index (χ1v) is 10.4. The molecule has 1 aromatic carbocycles. The summed E-state index contributed by atoms with van der Waals surface area (Å²) in [4.78, 5) is 18.5. The van der Waals surface area contributed by atoms with Crippen LogP contribution in [0.25, 0.3) is 10.9 Å². The average Bonchev–Trinajstić information content (AvgIpc) is 3.45. The molecule has 7 nitrogen and oxygen atoms in total. The molecule has 0 bridgehead atoms.